The lowest BCUT2D eigenvalue weighted by molar-refractivity contribution is 0.303. The van der Waals surface area contributed by atoms with Gasteiger partial charge in [0.15, 0.2) is 0 Å². The number of nitrogens with zero attached hydrogens (tertiary/aromatic N) is 2. The summed E-state index contributed by atoms with van der Waals surface area (Å²) in [6.07, 6.45) is 4.28. The number of rotatable bonds is 9. The fourth-order valence-electron chi connectivity index (χ4n) is 4.16. The van der Waals surface area contributed by atoms with E-state index in [1.54, 1.807) is 0 Å². The van der Waals surface area contributed by atoms with Crippen LogP contribution in [-0.2, 0) is 10.0 Å². The minimum atomic E-state index is -3.77. The Morgan fingerprint density at radius 1 is 0.848 bits per heavy atom. The fourth-order valence-corrected chi connectivity index (χ4v) is 5.53. The van der Waals surface area contributed by atoms with Crippen LogP contribution in [0.3, 0.4) is 0 Å². The molecule has 0 radical (unpaired) electrons. The Kier molecular flexibility index (Phi) is 7.70. The third kappa shape index (κ3) is 5.96. The summed E-state index contributed by atoms with van der Waals surface area (Å²) in [5.74, 6) is -0.451. The van der Waals surface area contributed by atoms with E-state index in [-0.39, 0.29) is 11.4 Å². The smallest absolute Gasteiger partial charge is 0.243 e. The molecule has 1 saturated heterocycles. The Labute approximate surface area is 196 Å². The molecule has 1 aliphatic rings. The van der Waals surface area contributed by atoms with Gasteiger partial charge in [0, 0.05) is 19.6 Å². The summed E-state index contributed by atoms with van der Waals surface area (Å²) in [5.41, 5.74) is 3.04. The average molecular weight is 465 g/mol. The fraction of sp³-hybridized carbons (Fsp3) is 0.259. The summed E-state index contributed by atoms with van der Waals surface area (Å²) >= 11 is 0. The second kappa shape index (κ2) is 10.9. The van der Waals surface area contributed by atoms with Crippen molar-refractivity contribution in [2.24, 2.45) is 0 Å². The second-order valence-electron chi connectivity index (χ2n) is 8.22. The molecule has 0 atom stereocenters. The van der Waals surface area contributed by atoms with E-state index in [2.05, 4.69) is 4.90 Å². The lowest BCUT2D eigenvalue weighted by Crippen LogP contribution is -2.38. The molecule has 1 fully saturated rings. The van der Waals surface area contributed by atoms with E-state index in [9.17, 15) is 12.8 Å². The zero-order valence-electron chi connectivity index (χ0n) is 18.6. The van der Waals surface area contributed by atoms with Crippen molar-refractivity contribution in [3.8, 4) is 0 Å². The first-order valence-corrected chi connectivity index (χ1v) is 12.8. The van der Waals surface area contributed by atoms with Gasteiger partial charge < -0.3 is 4.90 Å². The Balaban J connectivity index is 1.66. The maximum Gasteiger partial charge on any atom is 0.243 e. The van der Waals surface area contributed by atoms with Gasteiger partial charge in [0.2, 0.25) is 10.0 Å². The van der Waals surface area contributed by atoms with E-state index in [1.807, 2.05) is 66.7 Å². The van der Waals surface area contributed by atoms with Crippen LogP contribution in [0.25, 0.3) is 5.57 Å². The molecule has 6 heteroatoms. The summed E-state index contributed by atoms with van der Waals surface area (Å²) in [5, 5.41) is 0. The average Bonchev–Trinajstić information content (AvgIpc) is 3.36. The lowest BCUT2D eigenvalue weighted by atomic mass is 9.98. The number of hydrogen-bond donors (Lipinski definition) is 0. The summed E-state index contributed by atoms with van der Waals surface area (Å²) in [4.78, 5) is 2.41. The third-order valence-corrected chi connectivity index (χ3v) is 7.86. The lowest BCUT2D eigenvalue weighted by Gasteiger charge is -2.24. The molecule has 1 heterocycles. The van der Waals surface area contributed by atoms with Crippen LogP contribution in [0, 0.1) is 5.82 Å². The highest BCUT2D eigenvalue weighted by atomic mass is 32.2. The first-order valence-electron chi connectivity index (χ1n) is 11.3. The summed E-state index contributed by atoms with van der Waals surface area (Å²) in [6, 6.07) is 25.0. The summed E-state index contributed by atoms with van der Waals surface area (Å²) in [7, 11) is -3.77. The SMILES string of the molecule is O=S(=O)(c1ccc(F)cc1)N(CC=C(c1ccccc1)c1ccccc1)CCN1CCCC1. The van der Waals surface area contributed by atoms with Gasteiger partial charge >= 0.3 is 0 Å². The molecule has 4 rings (SSSR count). The minimum absolute atomic E-state index is 0.111. The molecule has 0 unspecified atom stereocenters. The Morgan fingerprint density at radius 2 is 1.39 bits per heavy atom. The molecule has 0 aromatic heterocycles. The van der Waals surface area contributed by atoms with Crippen LogP contribution in [0.2, 0.25) is 0 Å². The normalized spacial score (nSPS) is 14.5. The first-order chi connectivity index (χ1) is 16.0. The van der Waals surface area contributed by atoms with Crippen molar-refractivity contribution in [2.45, 2.75) is 17.7 Å². The Bertz CT molecular complexity index is 1120. The molecule has 33 heavy (non-hydrogen) atoms. The minimum Gasteiger partial charge on any atom is -0.302 e. The van der Waals surface area contributed by atoms with Gasteiger partial charge in [0.1, 0.15) is 5.82 Å². The number of hydrogen-bond acceptors (Lipinski definition) is 3. The van der Waals surface area contributed by atoms with Crippen molar-refractivity contribution in [1.29, 1.82) is 0 Å². The number of likely N-dealkylation sites (tertiary alicyclic amines) is 1. The van der Waals surface area contributed by atoms with Gasteiger partial charge in [-0.3, -0.25) is 0 Å². The van der Waals surface area contributed by atoms with Crippen LogP contribution in [-0.4, -0.2) is 50.3 Å². The molecule has 4 nitrogen and oxygen atoms in total. The second-order valence-corrected chi connectivity index (χ2v) is 10.2. The van der Waals surface area contributed by atoms with Crippen molar-refractivity contribution in [1.82, 2.24) is 9.21 Å². The van der Waals surface area contributed by atoms with Crippen molar-refractivity contribution < 1.29 is 12.8 Å². The van der Waals surface area contributed by atoms with Gasteiger partial charge in [-0.15, -0.1) is 0 Å². The van der Waals surface area contributed by atoms with Crippen molar-refractivity contribution in [3.05, 3.63) is 108 Å². The van der Waals surface area contributed by atoms with E-state index >= 15 is 0 Å². The van der Waals surface area contributed by atoms with Gasteiger partial charge in [0.25, 0.3) is 0 Å². The van der Waals surface area contributed by atoms with Gasteiger partial charge in [-0.05, 0) is 66.9 Å². The molecular weight excluding hydrogens is 435 g/mol. The van der Waals surface area contributed by atoms with Gasteiger partial charge in [0.05, 0.1) is 4.90 Å². The van der Waals surface area contributed by atoms with Gasteiger partial charge in [-0.1, -0.05) is 66.7 Å². The van der Waals surface area contributed by atoms with Crippen molar-refractivity contribution >= 4 is 15.6 Å². The monoisotopic (exact) mass is 464 g/mol. The maximum atomic E-state index is 13.5. The molecule has 0 saturated carbocycles. The first kappa shape index (κ1) is 23.4. The molecule has 0 aliphatic carbocycles. The van der Waals surface area contributed by atoms with Crippen molar-refractivity contribution in [3.63, 3.8) is 0 Å². The highest BCUT2D eigenvalue weighted by molar-refractivity contribution is 7.89. The van der Waals surface area contributed by atoms with Crippen LogP contribution in [0.5, 0.6) is 0 Å². The van der Waals surface area contributed by atoms with E-state index < -0.39 is 15.8 Å². The van der Waals surface area contributed by atoms with Crippen LogP contribution in [0.4, 0.5) is 4.39 Å². The molecule has 3 aromatic rings. The van der Waals surface area contributed by atoms with Crippen LogP contribution < -0.4 is 0 Å². The standard InChI is InChI=1S/C27H29FN2O2S/c28-25-13-15-26(16-14-25)33(31,32)30(22-21-29-18-7-8-19-29)20-17-27(23-9-3-1-4-10-23)24-11-5-2-6-12-24/h1-6,9-17H,7-8,18-22H2. The largest absolute Gasteiger partial charge is 0.302 e. The molecule has 0 spiro atoms. The number of sulfonamides is 1. The van der Waals surface area contributed by atoms with Crippen LogP contribution in [0.1, 0.15) is 24.0 Å². The molecule has 172 valence electrons. The Hall–Kier alpha value is -2.80. The van der Waals surface area contributed by atoms with Crippen LogP contribution in [0.15, 0.2) is 95.9 Å². The van der Waals surface area contributed by atoms with Crippen molar-refractivity contribution in [2.75, 3.05) is 32.7 Å². The summed E-state index contributed by atoms with van der Waals surface area (Å²) in [6.45, 7) is 3.29. The molecule has 1 aliphatic heterocycles. The highest BCUT2D eigenvalue weighted by Gasteiger charge is 2.25. The molecule has 0 amide bonds. The Morgan fingerprint density at radius 3 is 1.94 bits per heavy atom. The van der Waals surface area contributed by atoms with Crippen LogP contribution >= 0.6 is 0 Å². The highest BCUT2D eigenvalue weighted by Crippen LogP contribution is 2.24. The molecule has 0 N–H and O–H groups in total. The molecular formula is C27H29FN2O2S. The zero-order valence-corrected chi connectivity index (χ0v) is 19.4. The number of benzene rings is 3. The van der Waals surface area contributed by atoms with Gasteiger partial charge in [-0.25, -0.2) is 12.8 Å². The maximum absolute atomic E-state index is 13.5. The predicted molar refractivity (Wildman–Crippen MR) is 131 cm³/mol. The van der Waals surface area contributed by atoms with E-state index in [1.165, 1.54) is 28.6 Å². The van der Waals surface area contributed by atoms with E-state index in [0.29, 0.717) is 13.1 Å². The van der Waals surface area contributed by atoms with E-state index in [4.69, 9.17) is 0 Å². The molecule has 3 aromatic carbocycles. The van der Waals surface area contributed by atoms with Gasteiger partial charge in [-0.2, -0.15) is 4.31 Å². The van der Waals surface area contributed by atoms with E-state index in [0.717, 1.165) is 42.6 Å². The topological polar surface area (TPSA) is 40.6 Å². The number of halogens is 1. The predicted octanol–water partition coefficient (Wildman–Crippen LogP) is 5.04. The quantitative estimate of drug-likeness (QED) is 0.445. The molecule has 0 bridgehead atoms. The zero-order chi connectivity index (χ0) is 23.1. The summed E-state index contributed by atoms with van der Waals surface area (Å²) < 4.78 is 41.9. The third-order valence-electron chi connectivity index (χ3n) is 5.98.